The number of primary amides is 1. The molecular formula is C18H21F3N2O11S. The predicted octanol–water partition coefficient (Wildman–Crippen LogP) is -0.552. The SMILES string of the molecule is CC(=O)OC[C@H]1O[C@@H]([n+]2cccc(C(N)=O)c2)[C@H](OC(C)=O)[C@@H]1OC(C)=O.O=S(=O)([O-])C(F)(F)F. The van der Waals surface area contributed by atoms with Crippen molar-refractivity contribution < 1.29 is 68.8 Å². The molecule has 1 aliphatic rings. The van der Waals surface area contributed by atoms with E-state index in [-0.39, 0.29) is 12.2 Å². The van der Waals surface area contributed by atoms with Gasteiger partial charge in [-0.25, -0.2) is 8.42 Å². The monoisotopic (exact) mass is 530 g/mol. The average molecular weight is 530 g/mol. The zero-order valence-corrected chi connectivity index (χ0v) is 19.2. The second-order valence-corrected chi connectivity index (χ2v) is 8.19. The topological polar surface area (TPSA) is 192 Å². The maximum atomic E-state index is 11.6. The molecule has 1 aliphatic heterocycles. The number of aromatic nitrogens is 1. The number of nitrogens with two attached hydrogens (primary N) is 1. The fourth-order valence-electron chi connectivity index (χ4n) is 2.73. The van der Waals surface area contributed by atoms with Crippen molar-refractivity contribution in [3.8, 4) is 0 Å². The van der Waals surface area contributed by atoms with Gasteiger partial charge in [-0.05, 0) is 6.07 Å². The molecule has 0 radical (unpaired) electrons. The van der Waals surface area contributed by atoms with E-state index in [0.717, 1.165) is 0 Å². The van der Waals surface area contributed by atoms with E-state index in [4.69, 9.17) is 37.7 Å². The first-order chi connectivity index (χ1) is 15.9. The molecule has 0 bridgehead atoms. The van der Waals surface area contributed by atoms with Crippen molar-refractivity contribution in [1.29, 1.82) is 0 Å². The van der Waals surface area contributed by atoms with Gasteiger partial charge in [0.1, 0.15) is 18.3 Å². The Morgan fingerprint density at radius 2 is 1.60 bits per heavy atom. The number of alkyl halides is 3. The van der Waals surface area contributed by atoms with E-state index in [9.17, 15) is 32.3 Å². The zero-order valence-electron chi connectivity index (χ0n) is 18.4. The van der Waals surface area contributed by atoms with E-state index in [0.29, 0.717) is 0 Å². The standard InChI is InChI=1S/C17H20N2O8.CHF3O3S/c1-9(20)24-8-13-14(25-10(2)21)15(26-11(3)22)17(27-13)19-6-4-5-12(7-19)16(18)23;2-1(3,4)8(5,6)7/h4-7,13-15,17H,8H2,1-3H3,(H-,18,23);(H,5,6,7)/t13-,14-,15-,17-;/m1./s1. The quantitative estimate of drug-likeness (QED) is 0.163. The Bertz CT molecular complexity index is 1060. The number of halogens is 3. The third kappa shape index (κ3) is 9.10. The first-order valence-corrected chi connectivity index (χ1v) is 10.8. The van der Waals surface area contributed by atoms with Gasteiger partial charge in [0, 0.05) is 26.8 Å². The highest BCUT2D eigenvalue weighted by Crippen LogP contribution is 2.31. The van der Waals surface area contributed by atoms with Crippen LogP contribution in [-0.2, 0) is 43.4 Å². The smallest absolute Gasteiger partial charge is 0.485 e. The Morgan fingerprint density at radius 3 is 2.03 bits per heavy atom. The van der Waals surface area contributed by atoms with E-state index in [1.54, 1.807) is 12.3 Å². The lowest BCUT2D eigenvalue weighted by Gasteiger charge is -2.21. The Hall–Kier alpha value is -3.31. The second kappa shape index (κ2) is 11.9. The van der Waals surface area contributed by atoms with Gasteiger partial charge in [0.05, 0.1) is 0 Å². The predicted molar refractivity (Wildman–Crippen MR) is 103 cm³/mol. The Morgan fingerprint density at radius 1 is 1.09 bits per heavy atom. The molecule has 17 heteroatoms. The number of carbonyl (C=O) groups is 4. The summed E-state index contributed by atoms with van der Waals surface area (Å²) in [6, 6.07) is 3.07. The van der Waals surface area contributed by atoms with Crippen molar-refractivity contribution in [1.82, 2.24) is 0 Å². The van der Waals surface area contributed by atoms with Crippen LogP contribution in [0.1, 0.15) is 37.4 Å². The fraction of sp³-hybridized carbons (Fsp3) is 0.500. The normalized spacial score (nSPS) is 21.8. The van der Waals surface area contributed by atoms with Gasteiger partial charge in [-0.1, -0.05) is 0 Å². The third-order valence-electron chi connectivity index (χ3n) is 4.02. The maximum absolute atomic E-state index is 11.6. The fourth-order valence-corrected chi connectivity index (χ4v) is 2.73. The summed E-state index contributed by atoms with van der Waals surface area (Å²) in [6.07, 6.45) is -0.856. The largest absolute Gasteiger partial charge is 0.741 e. The van der Waals surface area contributed by atoms with Crippen LogP contribution in [0.15, 0.2) is 24.5 Å². The van der Waals surface area contributed by atoms with E-state index in [1.165, 1.54) is 37.6 Å². The minimum atomic E-state index is -6.09. The second-order valence-electron chi connectivity index (χ2n) is 6.82. The van der Waals surface area contributed by atoms with Gasteiger partial charge in [0.25, 0.3) is 5.91 Å². The third-order valence-corrected chi connectivity index (χ3v) is 4.59. The van der Waals surface area contributed by atoms with Crippen molar-refractivity contribution in [3.05, 3.63) is 30.1 Å². The first kappa shape index (κ1) is 29.7. The van der Waals surface area contributed by atoms with Crippen LogP contribution in [0.5, 0.6) is 0 Å². The molecule has 0 spiro atoms. The molecular weight excluding hydrogens is 509 g/mol. The number of pyridine rings is 1. The van der Waals surface area contributed by atoms with Crippen LogP contribution in [0.4, 0.5) is 13.2 Å². The molecule has 1 fully saturated rings. The van der Waals surface area contributed by atoms with Crippen molar-refractivity contribution in [2.45, 2.75) is 50.8 Å². The van der Waals surface area contributed by atoms with Crippen molar-refractivity contribution in [2.24, 2.45) is 5.73 Å². The van der Waals surface area contributed by atoms with Gasteiger partial charge in [0.15, 0.2) is 28.6 Å². The van der Waals surface area contributed by atoms with Gasteiger partial charge < -0.3 is 29.2 Å². The molecule has 196 valence electrons. The summed E-state index contributed by atoms with van der Waals surface area (Å²) in [5.74, 6) is -2.44. The van der Waals surface area contributed by atoms with Crippen molar-refractivity contribution in [2.75, 3.05) is 6.61 Å². The highest BCUT2D eigenvalue weighted by molar-refractivity contribution is 7.86. The number of ether oxygens (including phenoxy) is 4. The summed E-state index contributed by atoms with van der Waals surface area (Å²) in [5, 5.41) is 0. The molecule has 13 nitrogen and oxygen atoms in total. The summed E-state index contributed by atoms with van der Waals surface area (Å²) >= 11 is 0. The number of hydrogen-bond donors (Lipinski definition) is 1. The molecule has 1 aromatic heterocycles. The lowest BCUT2D eigenvalue weighted by Crippen LogP contribution is -2.48. The molecule has 2 N–H and O–H groups in total. The number of esters is 3. The van der Waals surface area contributed by atoms with Crippen molar-refractivity contribution >= 4 is 33.9 Å². The van der Waals surface area contributed by atoms with E-state index in [1.807, 2.05) is 0 Å². The van der Waals surface area contributed by atoms with Crippen LogP contribution in [-0.4, -0.2) is 67.2 Å². The molecule has 2 rings (SSSR count). The van der Waals surface area contributed by atoms with Crippen LogP contribution in [0, 0.1) is 0 Å². The summed E-state index contributed by atoms with van der Waals surface area (Å²) in [6.45, 7) is 3.41. The number of nitrogens with zero attached hydrogens (tertiary/aromatic N) is 1. The molecule has 4 atom stereocenters. The van der Waals surface area contributed by atoms with Crippen molar-refractivity contribution in [3.63, 3.8) is 0 Å². The van der Waals surface area contributed by atoms with E-state index >= 15 is 0 Å². The van der Waals surface area contributed by atoms with Crippen LogP contribution in [0.3, 0.4) is 0 Å². The van der Waals surface area contributed by atoms with Gasteiger partial charge in [-0.2, -0.15) is 17.7 Å². The van der Waals surface area contributed by atoms with Gasteiger partial charge >= 0.3 is 29.6 Å². The molecule has 0 unspecified atom stereocenters. The van der Waals surface area contributed by atoms with Crippen LogP contribution in [0.2, 0.25) is 0 Å². The van der Waals surface area contributed by atoms with Gasteiger partial charge in [-0.3, -0.25) is 19.2 Å². The van der Waals surface area contributed by atoms with Gasteiger partial charge in [0.2, 0.25) is 6.10 Å². The first-order valence-electron chi connectivity index (χ1n) is 9.40. The number of carbonyl (C=O) groups excluding carboxylic acids is 4. The van der Waals surface area contributed by atoms with Crippen LogP contribution >= 0.6 is 0 Å². The van der Waals surface area contributed by atoms with Crippen LogP contribution in [0.25, 0.3) is 0 Å². The molecule has 2 heterocycles. The van der Waals surface area contributed by atoms with Gasteiger partial charge in [-0.15, -0.1) is 0 Å². The summed E-state index contributed by atoms with van der Waals surface area (Å²) in [4.78, 5) is 45.6. The molecule has 1 amide bonds. The minimum absolute atomic E-state index is 0.204. The molecule has 1 saturated heterocycles. The Labute approximate surface area is 196 Å². The molecule has 0 aromatic carbocycles. The molecule has 1 aromatic rings. The number of hydrogen-bond acceptors (Lipinski definition) is 11. The molecule has 0 saturated carbocycles. The lowest BCUT2D eigenvalue weighted by molar-refractivity contribution is -0.765. The number of amides is 1. The Kier molecular flexibility index (Phi) is 10.1. The summed E-state index contributed by atoms with van der Waals surface area (Å²) in [5.41, 5.74) is -0.149. The summed E-state index contributed by atoms with van der Waals surface area (Å²) in [7, 11) is -6.09. The van der Waals surface area contributed by atoms with Crippen LogP contribution < -0.4 is 10.3 Å². The molecule has 0 aliphatic carbocycles. The molecule has 35 heavy (non-hydrogen) atoms. The Balaban J connectivity index is 0.000000658. The maximum Gasteiger partial charge on any atom is 0.485 e. The highest BCUT2D eigenvalue weighted by atomic mass is 32.2. The minimum Gasteiger partial charge on any atom is -0.741 e. The highest BCUT2D eigenvalue weighted by Gasteiger charge is 2.54. The van der Waals surface area contributed by atoms with E-state index in [2.05, 4.69) is 0 Å². The average Bonchev–Trinajstić information content (AvgIpc) is 3.01. The summed E-state index contributed by atoms with van der Waals surface area (Å²) < 4.78 is 81.7. The zero-order chi connectivity index (χ0) is 27.1. The lowest BCUT2D eigenvalue weighted by atomic mass is 10.1. The number of rotatable bonds is 6. The van der Waals surface area contributed by atoms with E-state index < -0.39 is 64.0 Å².